The van der Waals surface area contributed by atoms with Crippen LogP contribution < -0.4 is 4.74 Å². The van der Waals surface area contributed by atoms with Crippen molar-refractivity contribution >= 4 is 17.6 Å². The summed E-state index contributed by atoms with van der Waals surface area (Å²) >= 11 is 6.16. The van der Waals surface area contributed by atoms with Crippen molar-refractivity contribution in [2.24, 2.45) is 5.92 Å². The van der Waals surface area contributed by atoms with E-state index in [0.717, 1.165) is 6.42 Å². The van der Waals surface area contributed by atoms with Gasteiger partial charge in [-0.15, -0.1) is 0 Å². The predicted molar refractivity (Wildman–Crippen MR) is 67.1 cm³/mol. The lowest BCUT2D eigenvalue weighted by Crippen LogP contribution is -2.29. The Labute approximate surface area is 110 Å². The number of carboxylic acids is 1. The third-order valence-corrected chi connectivity index (χ3v) is 3.49. The molecule has 0 aliphatic carbocycles. The zero-order chi connectivity index (χ0) is 13.1. The van der Waals surface area contributed by atoms with Crippen molar-refractivity contribution in [3.63, 3.8) is 0 Å². The molecule has 0 aromatic heterocycles. The van der Waals surface area contributed by atoms with Crippen molar-refractivity contribution in [1.82, 2.24) is 0 Å². The normalized spacial score (nSPS) is 23.7. The van der Waals surface area contributed by atoms with Crippen LogP contribution in [0.15, 0.2) is 18.2 Å². The number of halogens is 1. The molecule has 0 saturated carbocycles. The first kappa shape index (κ1) is 13.2. The molecule has 1 saturated heterocycles. The summed E-state index contributed by atoms with van der Waals surface area (Å²) in [7, 11) is 1.54. The predicted octanol–water partition coefficient (Wildman–Crippen LogP) is 2.90. The second-order valence-corrected chi connectivity index (χ2v) is 4.64. The van der Waals surface area contributed by atoms with Gasteiger partial charge in [0, 0.05) is 12.2 Å². The Morgan fingerprint density at radius 1 is 1.56 bits per heavy atom. The van der Waals surface area contributed by atoms with E-state index >= 15 is 0 Å². The molecule has 4 nitrogen and oxygen atoms in total. The summed E-state index contributed by atoms with van der Waals surface area (Å²) in [6.07, 6.45) is 0.800. The molecule has 0 bridgehead atoms. The number of aliphatic carboxylic acids is 1. The molecule has 5 heteroatoms. The van der Waals surface area contributed by atoms with Gasteiger partial charge in [-0.3, -0.25) is 4.79 Å². The summed E-state index contributed by atoms with van der Waals surface area (Å²) in [5, 5.41) is 9.74. The molecule has 1 heterocycles. The number of methoxy groups -OCH3 is 1. The summed E-state index contributed by atoms with van der Waals surface area (Å²) in [5.74, 6) is -0.866. The van der Waals surface area contributed by atoms with Crippen LogP contribution >= 0.6 is 11.6 Å². The van der Waals surface area contributed by atoms with Gasteiger partial charge in [0.15, 0.2) is 0 Å². The zero-order valence-electron chi connectivity index (χ0n) is 10.1. The Bertz CT molecular complexity index is 447. The van der Waals surface area contributed by atoms with Crippen molar-refractivity contribution in [3.05, 3.63) is 28.8 Å². The lowest BCUT2D eigenvalue weighted by molar-refractivity contribution is -0.152. The average molecular weight is 271 g/mol. The van der Waals surface area contributed by atoms with Crippen molar-refractivity contribution in [2.45, 2.75) is 18.9 Å². The molecule has 18 heavy (non-hydrogen) atoms. The first-order valence-electron chi connectivity index (χ1n) is 5.82. The van der Waals surface area contributed by atoms with E-state index in [-0.39, 0.29) is 0 Å². The van der Waals surface area contributed by atoms with Crippen LogP contribution in [0, 0.1) is 5.92 Å². The maximum Gasteiger partial charge on any atom is 0.309 e. The summed E-state index contributed by atoms with van der Waals surface area (Å²) in [6, 6.07) is 5.25. The van der Waals surface area contributed by atoms with Crippen LogP contribution in [0.4, 0.5) is 0 Å². The molecule has 1 fully saturated rings. The van der Waals surface area contributed by atoms with Gasteiger partial charge in [0.2, 0.25) is 0 Å². The first-order valence-corrected chi connectivity index (χ1v) is 6.19. The quantitative estimate of drug-likeness (QED) is 0.918. The van der Waals surface area contributed by atoms with E-state index in [1.165, 1.54) is 7.11 Å². The number of rotatable bonds is 3. The van der Waals surface area contributed by atoms with E-state index in [4.69, 9.17) is 21.1 Å². The summed E-state index contributed by atoms with van der Waals surface area (Å²) in [5.41, 5.74) is 0.633. The highest BCUT2D eigenvalue weighted by atomic mass is 35.5. The minimum atomic E-state index is -0.860. The fourth-order valence-electron chi connectivity index (χ4n) is 2.29. The molecule has 98 valence electrons. The maximum atomic E-state index is 11.3. The van der Waals surface area contributed by atoms with Crippen LogP contribution in [0.5, 0.6) is 5.75 Å². The van der Waals surface area contributed by atoms with Gasteiger partial charge in [-0.2, -0.15) is 0 Å². The molecule has 1 aromatic rings. The third-order valence-electron chi connectivity index (χ3n) is 3.16. The van der Waals surface area contributed by atoms with Gasteiger partial charge in [-0.25, -0.2) is 0 Å². The number of carboxylic acid groups (broad SMARTS) is 1. The lowest BCUT2D eigenvalue weighted by atomic mass is 9.89. The van der Waals surface area contributed by atoms with Gasteiger partial charge < -0.3 is 14.6 Å². The molecule has 2 unspecified atom stereocenters. The molecule has 0 spiro atoms. The molecular formula is C13H15ClO4. The molecule has 1 aromatic carbocycles. The second kappa shape index (κ2) is 5.59. The van der Waals surface area contributed by atoms with Gasteiger partial charge in [-0.05, 0) is 25.0 Å². The van der Waals surface area contributed by atoms with E-state index in [0.29, 0.717) is 29.4 Å². The van der Waals surface area contributed by atoms with Gasteiger partial charge in [0.25, 0.3) is 0 Å². The van der Waals surface area contributed by atoms with Crippen LogP contribution in [0.1, 0.15) is 24.5 Å². The van der Waals surface area contributed by atoms with Gasteiger partial charge in [0.1, 0.15) is 11.9 Å². The van der Waals surface area contributed by atoms with Crippen molar-refractivity contribution in [2.75, 3.05) is 13.7 Å². The second-order valence-electron chi connectivity index (χ2n) is 4.23. The SMILES string of the molecule is COc1cccc(Cl)c1C1OCCCC1C(=O)O. The van der Waals surface area contributed by atoms with Crippen molar-refractivity contribution < 1.29 is 19.4 Å². The molecule has 1 aliphatic heterocycles. The van der Waals surface area contributed by atoms with Gasteiger partial charge >= 0.3 is 5.97 Å². The Morgan fingerprint density at radius 2 is 2.33 bits per heavy atom. The minimum absolute atomic E-state index is 0.479. The summed E-state index contributed by atoms with van der Waals surface area (Å²) in [6.45, 7) is 0.544. The van der Waals surface area contributed by atoms with Gasteiger partial charge in [0.05, 0.1) is 18.1 Å². The highest BCUT2D eigenvalue weighted by Crippen LogP contribution is 2.41. The number of hydrogen-bond donors (Lipinski definition) is 1. The lowest BCUT2D eigenvalue weighted by Gasteiger charge is -2.30. The first-order chi connectivity index (χ1) is 8.65. The van der Waals surface area contributed by atoms with E-state index in [2.05, 4.69) is 0 Å². The molecule has 2 atom stereocenters. The van der Waals surface area contributed by atoms with E-state index < -0.39 is 18.0 Å². The Hall–Kier alpha value is -1.26. The average Bonchev–Trinajstić information content (AvgIpc) is 2.38. The fourth-order valence-corrected chi connectivity index (χ4v) is 2.56. The smallest absolute Gasteiger partial charge is 0.309 e. The Morgan fingerprint density at radius 3 is 3.00 bits per heavy atom. The van der Waals surface area contributed by atoms with Crippen LogP contribution in [0.2, 0.25) is 5.02 Å². The fraction of sp³-hybridized carbons (Fsp3) is 0.462. The highest BCUT2D eigenvalue weighted by Gasteiger charge is 2.35. The van der Waals surface area contributed by atoms with Crippen LogP contribution in [0.3, 0.4) is 0 Å². The van der Waals surface area contributed by atoms with E-state index in [9.17, 15) is 9.90 Å². The Kier molecular flexibility index (Phi) is 4.09. The maximum absolute atomic E-state index is 11.3. The number of hydrogen-bond acceptors (Lipinski definition) is 3. The summed E-state index contributed by atoms with van der Waals surface area (Å²) < 4.78 is 10.9. The topological polar surface area (TPSA) is 55.8 Å². The van der Waals surface area contributed by atoms with Crippen LogP contribution in [0.25, 0.3) is 0 Å². The molecule has 1 N–H and O–H groups in total. The largest absolute Gasteiger partial charge is 0.496 e. The van der Waals surface area contributed by atoms with E-state index in [1.54, 1.807) is 18.2 Å². The standard InChI is InChI=1S/C13H15ClO4/c1-17-10-6-2-5-9(14)11(10)12-8(13(15)16)4-3-7-18-12/h2,5-6,8,12H,3-4,7H2,1H3,(H,15,16). The third kappa shape index (κ3) is 2.44. The van der Waals surface area contributed by atoms with Crippen molar-refractivity contribution in [3.8, 4) is 5.75 Å². The van der Waals surface area contributed by atoms with Crippen LogP contribution in [-0.4, -0.2) is 24.8 Å². The number of carbonyl (C=O) groups is 1. The number of benzene rings is 1. The molecule has 2 rings (SSSR count). The van der Waals surface area contributed by atoms with Crippen molar-refractivity contribution in [1.29, 1.82) is 0 Å². The van der Waals surface area contributed by atoms with E-state index in [1.807, 2.05) is 0 Å². The summed E-state index contributed by atoms with van der Waals surface area (Å²) in [4.78, 5) is 11.3. The Balaban J connectivity index is 2.42. The number of ether oxygens (including phenoxy) is 2. The molecule has 0 amide bonds. The van der Waals surface area contributed by atoms with Crippen LogP contribution in [-0.2, 0) is 9.53 Å². The molecule has 0 radical (unpaired) electrons. The zero-order valence-corrected chi connectivity index (χ0v) is 10.8. The minimum Gasteiger partial charge on any atom is -0.496 e. The molecule has 1 aliphatic rings. The monoisotopic (exact) mass is 270 g/mol. The van der Waals surface area contributed by atoms with Gasteiger partial charge in [-0.1, -0.05) is 17.7 Å². The molecular weight excluding hydrogens is 256 g/mol. The highest BCUT2D eigenvalue weighted by molar-refractivity contribution is 6.31.